The summed E-state index contributed by atoms with van der Waals surface area (Å²) in [6.45, 7) is 3.47. The molecule has 0 aromatic heterocycles. The Morgan fingerprint density at radius 2 is 1.96 bits per heavy atom. The molecule has 2 heterocycles. The molecule has 2 saturated heterocycles. The van der Waals surface area contributed by atoms with Gasteiger partial charge in [-0.1, -0.05) is 17.7 Å². The van der Waals surface area contributed by atoms with Crippen LogP contribution in [-0.4, -0.2) is 47.1 Å². The van der Waals surface area contributed by atoms with Gasteiger partial charge in [0.25, 0.3) is 0 Å². The fourth-order valence-electron chi connectivity index (χ4n) is 3.21. The monoisotopic (exact) mass is 361 g/mol. The molecule has 0 spiro atoms. The number of imide groups is 1. The van der Waals surface area contributed by atoms with Crippen LogP contribution in [0.4, 0.5) is 4.79 Å². The van der Waals surface area contributed by atoms with Crippen molar-refractivity contribution in [1.29, 1.82) is 0 Å². The van der Waals surface area contributed by atoms with Gasteiger partial charge in [0.05, 0.1) is 0 Å². The van der Waals surface area contributed by atoms with Crippen molar-refractivity contribution in [3.05, 3.63) is 29.8 Å². The van der Waals surface area contributed by atoms with Crippen molar-refractivity contribution in [2.24, 2.45) is 0 Å². The second-order valence-corrected chi connectivity index (χ2v) is 7.95. The van der Waals surface area contributed by atoms with Gasteiger partial charge in [-0.15, -0.1) is 11.8 Å². The largest absolute Gasteiger partial charge is 0.341 e. The van der Waals surface area contributed by atoms with Crippen molar-refractivity contribution in [3.8, 4) is 0 Å². The fourth-order valence-corrected chi connectivity index (χ4v) is 4.45. The van der Waals surface area contributed by atoms with Gasteiger partial charge in [-0.2, -0.15) is 0 Å². The summed E-state index contributed by atoms with van der Waals surface area (Å²) in [6.07, 6.45) is 2.41. The first-order valence-corrected chi connectivity index (χ1v) is 9.51. The van der Waals surface area contributed by atoms with Crippen LogP contribution in [0.15, 0.2) is 29.2 Å². The average Bonchev–Trinajstić information content (AvgIpc) is 2.75. The van der Waals surface area contributed by atoms with Crippen LogP contribution >= 0.6 is 11.8 Å². The number of nitrogens with zero attached hydrogens (tertiary/aromatic N) is 1. The Bertz CT molecular complexity index is 671. The van der Waals surface area contributed by atoms with Gasteiger partial charge in [0.2, 0.25) is 11.8 Å². The van der Waals surface area contributed by atoms with Gasteiger partial charge in [0, 0.05) is 29.7 Å². The van der Waals surface area contributed by atoms with Gasteiger partial charge < -0.3 is 10.2 Å². The number of benzene rings is 1. The number of urea groups is 1. The zero-order valence-electron chi connectivity index (χ0n) is 14.3. The van der Waals surface area contributed by atoms with E-state index in [1.54, 1.807) is 0 Å². The van der Waals surface area contributed by atoms with E-state index in [4.69, 9.17) is 0 Å². The first-order valence-electron chi connectivity index (χ1n) is 8.64. The summed E-state index contributed by atoms with van der Waals surface area (Å²) in [7, 11) is 0. The molecule has 7 heteroatoms. The van der Waals surface area contributed by atoms with Crippen molar-refractivity contribution in [2.75, 3.05) is 13.1 Å². The molecule has 2 fully saturated rings. The molecule has 0 radical (unpaired) electrons. The standard InChI is InChI=1S/C18H23N3O3S/c1-12-3-2-4-14(11-12)25-13-7-9-21(10-8-13)17(23)15-5-6-16(22)20-18(24)19-15/h2-4,11,13,15H,5-10H2,1H3,(H2,19,20,22,24)/t15-/m0/s1. The summed E-state index contributed by atoms with van der Waals surface area (Å²) >= 11 is 1.87. The first kappa shape index (κ1) is 17.8. The zero-order chi connectivity index (χ0) is 17.8. The molecule has 2 N–H and O–H groups in total. The molecular formula is C18H23N3O3S. The van der Waals surface area contributed by atoms with Crippen LogP contribution in [0.25, 0.3) is 0 Å². The summed E-state index contributed by atoms with van der Waals surface area (Å²) < 4.78 is 0. The number of piperidine rings is 1. The minimum absolute atomic E-state index is 0.0798. The Hall–Kier alpha value is -2.02. The van der Waals surface area contributed by atoms with E-state index in [0.29, 0.717) is 24.8 Å². The first-order chi connectivity index (χ1) is 12.0. The minimum Gasteiger partial charge on any atom is -0.341 e. The Morgan fingerprint density at radius 1 is 1.20 bits per heavy atom. The number of carbonyl (C=O) groups is 3. The number of hydrogen-bond donors (Lipinski definition) is 2. The Labute approximate surface area is 151 Å². The van der Waals surface area contributed by atoms with Crippen LogP contribution in [0.1, 0.15) is 31.2 Å². The number of thioether (sulfide) groups is 1. The Balaban J connectivity index is 1.52. The van der Waals surface area contributed by atoms with E-state index in [1.807, 2.05) is 16.7 Å². The van der Waals surface area contributed by atoms with Crippen molar-refractivity contribution >= 4 is 29.6 Å². The molecule has 4 amide bonds. The predicted molar refractivity (Wildman–Crippen MR) is 96.3 cm³/mol. The third kappa shape index (κ3) is 4.75. The molecule has 1 aromatic rings. The van der Waals surface area contributed by atoms with Gasteiger partial charge in [0.1, 0.15) is 6.04 Å². The SMILES string of the molecule is Cc1cccc(SC2CCN(C(=O)[C@@H]3CCC(=O)NC(=O)N3)CC2)c1. The zero-order valence-corrected chi connectivity index (χ0v) is 15.1. The fraction of sp³-hybridized carbons (Fsp3) is 0.500. The van der Waals surface area contributed by atoms with E-state index >= 15 is 0 Å². The maximum Gasteiger partial charge on any atom is 0.322 e. The third-order valence-corrected chi connectivity index (χ3v) is 5.89. The molecule has 0 bridgehead atoms. The lowest BCUT2D eigenvalue weighted by molar-refractivity contribution is -0.134. The van der Waals surface area contributed by atoms with Crippen LogP contribution in [-0.2, 0) is 9.59 Å². The summed E-state index contributed by atoms with van der Waals surface area (Å²) in [5.74, 6) is -0.412. The van der Waals surface area contributed by atoms with E-state index in [2.05, 4.69) is 41.8 Å². The molecule has 134 valence electrons. The molecule has 0 aliphatic carbocycles. The molecule has 6 nitrogen and oxygen atoms in total. The van der Waals surface area contributed by atoms with E-state index in [0.717, 1.165) is 12.8 Å². The van der Waals surface area contributed by atoms with Crippen LogP contribution in [0, 0.1) is 6.92 Å². The van der Waals surface area contributed by atoms with Crippen molar-refractivity contribution in [1.82, 2.24) is 15.5 Å². The Morgan fingerprint density at radius 3 is 2.68 bits per heavy atom. The second-order valence-electron chi connectivity index (χ2n) is 6.57. The van der Waals surface area contributed by atoms with Crippen LogP contribution in [0.2, 0.25) is 0 Å². The predicted octanol–water partition coefficient (Wildman–Crippen LogP) is 2.07. The summed E-state index contributed by atoms with van der Waals surface area (Å²) in [5, 5.41) is 5.30. The van der Waals surface area contributed by atoms with E-state index in [-0.39, 0.29) is 18.2 Å². The summed E-state index contributed by atoms with van der Waals surface area (Å²) in [5.41, 5.74) is 1.25. The molecule has 0 saturated carbocycles. The molecule has 1 aromatic carbocycles. The van der Waals surface area contributed by atoms with Crippen molar-refractivity contribution < 1.29 is 14.4 Å². The second kappa shape index (κ2) is 7.91. The van der Waals surface area contributed by atoms with Gasteiger partial charge in [-0.25, -0.2) is 4.79 Å². The highest BCUT2D eigenvalue weighted by Gasteiger charge is 2.31. The third-order valence-electron chi connectivity index (χ3n) is 4.56. The molecule has 25 heavy (non-hydrogen) atoms. The summed E-state index contributed by atoms with van der Waals surface area (Å²) in [6, 6.07) is 7.29. The normalized spacial score (nSPS) is 22.1. The lowest BCUT2D eigenvalue weighted by atomic mass is 10.1. The average molecular weight is 361 g/mol. The minimum atomic E-state index is -0.604. The number of amides is 4. The van der Waals surface area contributed by atoms with Gasteiger partial charge >= 0.3 is 6.03 Å². The number of likely N-dealkylation sites (tertiary alicyclic amines) is 1. The quantitative estimate of drug-likeness (QED) is 0.864. The number of nitrogens with one attached hydrogen (secondary N) is 2. The molecule has 2 aliphatic rings. The molecular weight excluding hydrogens is 338 g/mol. The van der Waals surface area contributed by atoms with Crippen molar-refractivity contribution in [2.45, 2.75) is 48.8 Å². The van der Waals surface area contributed by atoms with Crippen molar-refractivity contribution in [3.63, 3.8) is 0 Å². The molecule has 1 atom stereocenters. The maximum absolute atomic E-state index is 12.6. The van der Waals surface area contributed by atoms with Crippen LogP contribution < -0.4 is 10.6 Å². The van der Waals surface area contributed by atoms with Gasteiger partial charge in [0.15, 0.2) is 0 Å². The van der Waals surface area contributed by atoms with Crippen LogP contribution in [0.3, 0.4) is 0 Å². The van der Waals surface area contributed by atoms with E-state index in [1.165, 1.54) is 10.5 Å². The number of aryl methyl sites for hydroxylation is 1. The summed E-state index contributed by atoms with van der Waals surface area (Å²) in [4.78, 5) is 38.7. The lowest BCUT2D eigenvalue weighted by Crippen LogP contribution is -2.51. The highest BCUT2D eigenvalue weighted by Crippen LogP contribution is 2.31. The Kier molecular flexibility index (Phi) is 5.63. The van der Waals surface area contributed by atoms with Gasteiger partial charge in [-0.3, -0.25) is 14.9 Å². The van der Waals surface area contributed by atoms with Crippen LogP contribution in [0.5, 0.6) is 0 Å². The highest BCUT2D eigenvalue weighted by molar-refractivity contribution is 8.00. The molecule has 0 unspecified atom stereocenters. The van der Waals surface area contributed by atoms with E-state index in [9.17, 15) is 14.4 Å². The highest BCUT2D eigenvalue weighted by atomic mass is 32.2. The number of carbonyl (C=O) groups excluding carboxylic acids is 3. The van der Waals surface area contributed by atoms with Gasteiger partial charge in [-0.05, 0) is 38.3 Å². The number of rotatable bonds is 3. The molecule has 3 rings (SSSR count). The lowest BCUT2D eigenvalue weighted by Gasteiger charge is -2.33. The molecule has 2 aliphatic heterocycles. The van der Waals surface area contributed by atoms with E-state index < -0.39 is 12.1 Å². The maximum atomic E-state index is 12.6. The smallest absolute Gasteiger partial charge is 0.322 e. The number of hydrogen-bond acceptors (Lipinski definition) is 4. The topological polar surface area (TPSA) is 78.5 Å².